The first kappa shape index (κ1) is 10.7. The van der Waals surface area contributed by atoms with Crippen molar-refractivity contribution >= 4 is 27.3 Å². The molecule has 1 aromatic heterocycles. The lowest BCUT2D eigenvalue weighted by Gasteiger charge is -2.21. The monoisotopic (exact) mass is 273 g/mol. The molecule has 0 radical (unpaired) electrons. The van der Waals surface area contributed by atoms with E-state index in [0.29, 0.717) is 6.54 Å². The van der Waals surface area contributed by atoms with E-state index in [2.05, 4.69) is 22.9 Å². The van der Waals surface area contributed by atoms with E-state index in [0.717, 1.165) is 5.92 Å². The average molecular weight is 274 g/mol. The van der Waals surface area contributed by atoms with Crippen LogP contribution in [-0.2, 0) is 19.4 Å². The summed E-state index contributed by atoms with van der Waals surface area (Å²) in [4.78, 5) is 1.58. The van der Waals surface area contributed by atoms with Crippen molar-refractivity contribution in [2.45, 2.75) is 39.2 Å². The van der Waals surface area contributed by atoms with Gasteiger partial charge in [-0.2, -0.15) is 0 Å². The van der Waals surface area contributed by atoms with Crippen molar-refractivity contribution in [3.8, 4) is 0 Å². The van der Waals surface area contributed by atoms with Gasteiger partial charge in [-0.25, -0.2) is 0 Å². The summed E-state index contributed by atoms with van der Waals surface area (Å²) in [6.07, 6.45) is 5.17. The Bertz CT molecular complexity index is 332. The summed E-state index contributed by atoms with van der Waals surface area (Å²) >= 11 is 5.52. The Hall–Kier alpha value is 0.140. The van der Waals surface area contributed by atoms with E-state index in [4.69, 9.17) is 5.73 Å². The summed E-state index contributed by atoms with van der Waals surface area (Å²) in [5.41, 5.74) is 8.67. The van der Waals surface area contributed by atoms with Crippen molar-refractivity contribution in [2.24, 2.45) is 11.7 Å². The third kappa shape index (κ3) is 1.77. The molecule has 1 nitrogen and oxygen atoms in total. The maximum absolute atomic E-state index is 5.76. The first-order valence-electron chi connectivity index (χ1n) is 5.25. The van der Waals surface area contributed by atoms with Gasteiger partial charge in [-0.15, -0.1) is 11.3 Å². The minimum absolute atomic E-state index is 0.684. The Kier molecular flexibility index (Phi) is 3.30. The van der Waals surface area contributed by atoms with E-state index in [1.54, 1.807) is 10.4 Å². The highest BCUT2D eigenvalue weighted by Gasteiger charge is 2.23. The molecule has 1 aromatic rings. The Balaban J connectivity index is 2.31. The van der Waals surface area contributed by atoms with Crippen molar-refractivity contribution in [1.82, 2.24) is 0 Å². The van der Waals surface area contributed by atoms with Crippen LogP contribution in [0.1, 0.15) is 35.8 Å². The third-order valence-electron chi connectivity index (χ3n) is 3.21. The van der Waals surface area contributed by atoms with Crippen molar-refractivity contribution in [3.63, 3.8) is 0 Å². The molecule has 0 fully saturated rings. The molecule has 14 heavy (non-hydrogen) atoms. The fourth-order valence-electron chi connectivity index (χ4n) is 2.24. The number of fused-ring (bicyclic) bond motifs is 1. The zero-order valence-corrected chi connectivity index (χ0v) is 10.9. The van der Waals surface area contributed by atoms with E-state index in [9.17, 15) is 0 Å². The fourth-order valence-corrected chi connectivity index (χ4v) is 4.44. The average Bonchev–Trinajstić information content (AvgIpc) is 2.51. The molecule has 0 aliphatic heterocycles. The fraction of sp³-hybridized carbons (Fsp3) is 0.636. The molecule has 0 spiro atoms. The maximum Gasteiger partial charge on any atom is 0.0749 e. The summed E-state index contributed by atoms with van der Waals surface area (Å²) in [7, 11) is 0. The Morgan fingerprint density at radius 2 is 2.36 bits per heavy atom. The lowest BCUT2D eigenvalue weighted by atomic mass is 9.86. The van der Waals surface area contributed by atoms with Gasteiger partial charge in [0, 0.05) is 11.4 Å². The van der Waals surface area contributed by atoms with Crippen LogP contribution in [0.4, 0.5) is 0 Å². The number of rotatable bonds is 2. The molecule has 1 aliphatic carbocycles. The van der Waals surface area contributed by atoms with Gasteiger partial charge in [-0.1, -0.05) is 13.3 Å². The molecule has 0 bridgehead atoms. The van der Waals surface area contributed by atoms with Crippen LogP contribution in [-0.4, -0.2) is 0 Å². The zero-order valence-electron chi connectivity index (χ0n) is 8.48. The summed E-state index contributed by atoms with van der Waals surface area (Å²) in [5.74, 6) is 0.902. The van der Waals surface area contributed by atoms with Crippen molar-refractivity contribution in [3.05, 3.63) is 19.8 Å². The molecule has 2 N–H and O–H groups in total. The van der Waals surface area contributed by atoms with Crippen LogP contribution in [0.3, 0.4) is 0 Å². The van der Waals surface area contributed by atoms with E-state index in [1.807, 2.05) is 11.3 Å². The van der Waals surface area contributed by atoms with Gasteiger partial charge < -0.3 is 5.73 Å². The van der Waals surface area contributed by atoms with E-state index in [-0.39, 0.29) is 0 Å². The summed E-state index contributed by atoms with van der Waals surface area (Å²) < 4.78 is 1.27. The Labute approximate surface area is 97.8 Å². The molecule has 78 valence electrons. The molecule has 1 heterocycles. The van der Waals surface area contributed by atoms with E-state index >= 15 is 0 Å². The molecule has 0 amide bonds. The van der Waals surface area contributed by atoms with Crippen molar-refractivity contribution in [2.75, 3.05) is 0 Å². The van der Waals surface area contributed by atoms with Crippen LogP contribution in [0.25, 0.3) is 0 Å². The Morgan fingerprint density at radius 1 is 1.57 bits per heavy atom. The summed E-state index contributed by atoms with van der Waals surface area (Å²) in [6, 6.07) is 0. The smallest absolute Gasteiger partial charge is 0.0749 e. The maximum atomic E-state index is 5.76. The first-order valence-corrected chi connectivity index (χ1v) is 6.86. The normalized spacial score (nSPS) is 20.9. The standard InChI is InChI=1S/C11H16BrNS/c1-2-7-3-4-8-9(6-13)11(12)14-10(8)5-7/h7H,2-6,13H2,1H3. The van der Waals surface area contributed by atoms with Gasteiger partial charge in [0.1, 0.15) is 0 Å². The molecular formula is C11H16BrNS. The van der Waals surface area contributed by atoms with Gasteiger partial charge in [0.05, 0.1) is 3.79 Å². The predicted molar refractivity (Wildman–Crippen MR) is 65.7 cm³/mol. The van der Waals surface area contributed by atoms with Gasteiger partial charge in [-0.05, 0) is 52.2 Å². The molecule has 1 unspecified atom stereocenters. The highest BCUT2D eigenvalue weighted by molar-refractivity contribution is 9.11. The van der Waals surface area contributed by atoms with Crippen LogP contribution >= 0.6 is 27.3 Å². The first-order chi connectivity index (χ1) is 6.76. The van der Waals surface area contributed by atoms with Gasteiger partial charge in [-0.3, -0.25) is 0 Å². The molecule has 1 aliphatic rings. The van der Waals surface area contributed by atoms with E-state index < -0.39 is 0 Å². The minimum Gasteiger partial charge on any atom is -0.326 e. The van der Waals surface area contributed by atoms with Crippen LogP contribution in [0.5, 0.6) is 0 Å². The van der Waals surface area contributed by atoms with Crippen molar-refractivity contribution < 1.29 is 0 Å². The lowest BCUT2D eigenvalue weighted by Crippen LogP contribution is -2.13. The molecule has 2 rings (SSSR count). The van der Waals surface area contributed by atoms with Crippen LogP contribution in [0.15, 0.2) is 3.79 Å². The Morgan fingerprint density at radius 3 is 3.00 bits per heavy atom. The van der Waals surface area contributed by atoms with Gasteiger partial charge >= 0.3 is 0 Å². The van der Waals surface area contributed by atoms with Gasteiger partial charge in [0.25, 0.3) is 0 Å². The largest absolute Gasteiger partial charge is 0.326 e. The predicted octanol–water partition coefficient (Wildman–Crippen LogP) is 3.48. The molecule has 1 atom stereocenters. The zero-order chi connectivity index (χ0) is 10.1. The highest BCUT2D eigenvalue weighted by atomic mass is 79.9. The number of thiophene rings is 1. The van der Waals surface area contributed by atoms with Crippen molar-refractivity contribution in [1.29, 1.82) is 0 Å². The molecular weight excluding hydrogens is 258 g/mol. The minimum atomic E-state index is 0.684. The number of hydrogen-bond donors (Lipinski definition) is 1. The van der Waals surface area contributed by atoms with Crippen LogP contribution in [0, 0.1) is 5.92 Å². The third-order valence-corrected chi connectivity index (χ3v) is 5.26. The topological polar surface area (TPSA) is 26.0 Å². The van der Waals surface area contributed by atoms with E-state index in [1.165, 1.54) is 35.0 Å². The number of nitrogens with two attached hydrogens (primary N) is 1. The summed E-state index contributed by atoms with van der Waals surface area (Å²) in [5, 5.41) is 0. The van der Waals surface area contributed by atoms with Gasteiger partial charge in [0.15, 0.2) is 0 Å². The van der Waals surface area contributed by atoms with Gasteiger partial charge in [0.2, 0.25) is 0 Å². The second kappa shape index (κ2) is 4.33. The summed E-state index contributed by atoms with van der Waals surface area (Å²) in [6.45, 7) is 2.98. The quantitative estimate of drug-likeness (QED) is 0.877. The van der Waals surface area contributed by atoms with Crippen LogP contribution in [0.2, 0.25) is 0 Å². The molecule has 0 aromatic carbocycles. The molecule has 0 saturated heterocycles. The molecule has 0 saturated carbocycles. The number of hydrogen-bond acceptors (Lipinski definition) is 2. The second-order valence-electron chi connectivity index (χ2n) is 3.98. The SMILES string of the molecule is CCC1CCc2c(sc(Br)c2CN)C1. The molecule has 3 heteroatoms. The van der Waals surface area contributed by atoms with Crippen LogP contribution < -0.4 is 5.73 Å². The number of halogens is 1. The lowest BCUT2D eigenvalue weighted by molar-refractivity contribution is 0.449. The second-order valence-corrected chi connectivity index (χ2v) is 6.40. The highest BCUT2D eigenvalue weighted by Crippen LogP contribution is 2.39.